The highest BCUT2D eigenvalue weighted by atomic mass is 32.1. The third-order valence-electron chi connectivity index (χ3n) is 3.32. The molecule has 0 radical (unpaired) electrons. The third kappa shape index (κ3) is 3.21. The second-order valence-corrected chi connectivity index (χ2v) is 5.38. The van der Waals surface area contributed by atoms with Crippen LogP contribution in [0.4, 0.5) is 5.69 Å². The van der Waals surface area contributed by atoms with Crippen LogP contribution in [0.15, 0.2) is 18.2 Å². The Kier molecular flexibility index (Phi) is 4.19. The maximum absolute atomic E-state index is 9.66. The fourth-order valence-electron chi connectivity index (χ4n) is 2.20. The molecule has 2 rings (SSSR count). The van der Waals surface area contributed by atoms with Crippen molar-refractivity contribution >= 4 is 23.0 Å². The van der Waals surface area contributed by atoms with Gasteiger partial charge in [-0.2, -0.15) is 0 Å². The van der Waals surface area contributed by atoms with E-state index in [0.29, 0.717) is 11.7 Å². The molecule has 1 atom stereocenters. The lowest BCUT2D eigenvalue weighted by molar-refractivity contribution is 0.104. The first-order chi connectivity index (χ1) is 8.56. The van der Waals surface area contributed by atoms with Gasteiger partial charge in [0.15, 0.2) is 5.11 Å². The van der Waals surface area contributed by atoms with Crippen LogP contribution in [0.5, 0.6) is 0 Å². The zero-order valence-electron chi connectivity index (χ0n) is 10.9. The highest BCUT2D eigenvalue weighted by molar-refractivity contribution is 7.80. The Morgan fingerprint density at radius 2 is 2.22 bits per heavy atom. The lowest BCUT2D eigenvalue weighted by Gasteiger charge is -2.32. The summed E-state index contributed by atoms with van der Waals surface area (Å²) < 4.78 is 0. The van der Waals surface area contributed by atoms with Crippen LogP contribution in [-0.2, 0) is 0 Å². The summed E-state index contributed by atoms with van der Waals surface area (Å²) in [5.74, 6) is 0. The van der Waals surface area contributed by atoms with E-state index in [1.54, 1.807) is 0 Å². The van der Waals surface area contributed by atoms with Gasteiger partial charge in [-0.05, 0) is 56.1 Å². The first kappa shape index (κ1) is 13.3. The van der Waals surface area contributed by atoms with E-state index in [9.17, 15) is 5.11 Å². The van der Waals surface area contributed by atoms with Crippen molar-refractivity contribution in [3.05, 3.63) is 29.3 Å². The van der Waals surface area contributed by atoms with Gasteiger partial charge < -0.3 is 15.3 Å². The molecule has 0 aromatic heterocycles. The molecule has 2 N–H and O–H groups in total. The van der Waals surface area contributed by atoms with Gasteiger partial charge in [0.1, 0.15) is 0 Å². The van der Waals surface area contributed by atoms with Crippen LogP contribution in [0.25, 0.3) is 0 Å². The molecule has 0 unspecified atom stereocenters. The van der Waals surface area contributed by atoms with Crippen molar-refractivity contribution in [2.24, 2.45) is 0 Å². The molecule has 1 fully saturated rings. The average molecular weight is 264 g/mol. The topological polar surface area (TPSA) is 35.5 Å². The molecule has 3 nitrogen and oxygen atoms in total. The molecule has 4 heteroatoms. The molecule has 0 aliphatic carbocycles. The third-order valence-corrected chi connectivity index (χ3v) is 3.68. The van der Waals surface area contributed by atoms with E-state index in [-0.39, 0.29) is 6.10 Å². The van der Waals surface area contributed by atoms with Gasteiger partial charge in [0, 0.05) is 18.8 Å². The molecule has 0 amide bonds. The predicted octanol–water partition coefficient (Wildman–Crippen LogP) is 2.46. The van der Waals surface area contributed by atoms with Gasteiger partial charge in [-0.15, -0.1) is 0 Å². The molecular weight excluding hydrogens is 244 g/mol. The number of β-amino-alcohol motifs (C(OH)–C–C–N with tert-alkyl or cyclic N) is 1. The van der Waals surface area contributed by atoms with E-state index >= 15 is 0 Å². The molecule has 0 spiro atoms. The number of aliphatic hydroxyl groups excluding tert-OH is 1. The lowest BCUT2D eigenvalue weighted by atomic mass is 10.1. The van der Waals surface area contributed by atoms with Crippen LogP contribution >= 0.6 is 12.2 Å². The highest BCUT2D eigenvalue weighted by Crippen LogP contribution is 2.18. The Hall–Kier alpha value is -1.13. The van der Waals surface area contributed by atoms with Crippen molar-refractivity contribution in [3.8, 4) is 0 Å². The molecule has 1 aliphatic heterocycles. The normalized spacial score (nSPS) is 19.7. The van der Waals surface area contributed by atoms with Crippen LogP contribution in [0.2, 0.25) is 0 Å². The molecule has 18 heavy (non-hydrogen) atoms. The summed E-state index contributed by atoms with van der Waals surface area (Å²) in [6.45, 7) is 5.69. The Morgan fingerprint density at radius 1 is 1.44 bits per heavy atom. The van der Waals surface area contributed by atoms with Crippen molar-refractivity contribution in [1.82, 2.24) is 4.90 Å². The number of rotatable bonds is 1. The van der Waals surface area contributed by atoms with E-state index < -0.39 is 0 Å². The van der Waals surface area contributed by atoms with Crippen molar-refractivity contribution < 1.29 is 5.11 Å². The maximum Gasteiger partial charge on any atom is 0.173 e. The molecule has 1 heterocycles. The molecule has 1 saturated heterocycles. The minimum absolute atomic E-state index is 0.253. The van der Waals surface area contributed by atoms with E-state index in [1.807, 2.05) is 4.90 Å². The van der Waals surface area contributed by atoms with E-state index in [2.05, 4.69) is 37.4 Å². The smallest absolute Gasteiger partial charge is 0.173 e. The lowest BCUT2D eigenvalue weighted by Crippen LogP contribution is -2.44. The second-order valence-electron chi connectivity index (χ2n) is 4.99. The number of anilines is 1. The zero-order valence-corrected chi connectivity index (χ0v) is 11.8. The summed E-state index contributed by atoms with van der Waals surface area (Å²) in [6.07, 6.45) is 1.62. The van der Waals surface area contributed by atoms with Gasteiger partial charge in [0.25, 0.3) is 0 Å². The van der Waals surface area contributed by atoms with Crippen LogP contribution < -0.4 is 5.32 Å². The number of hydrogen-bond donors (Lipinski definition) is 2. The summed E-state index contributed by atoms with van der Waals surface area (Å²) in [4.78, 5) is 2.05. The largest absolute Gasteiger partial charge is 0.391 e. The van der Waals surface area contributed by atoms with Crippen molar-refractivity contribution in [1.29, 1.82) is 0 Å². The molecule has 0 bridgehead atoms. The number of likely N-dealkylation sites (tertiary alicyclic amines) is 1. The Bertz CT molecular complexity index is 447. The molecule has 98 valence electrons. The Labute approximate surface area is 114 Å². The van der Waals surface area contributed by atoms with E-state index in [4.69, 9.17) is 12.2 Å². The number of aryl methyl sites for hydroxylation is 2. The summed E-state index contributed by atoms with van der Waals surface area (Å²) in [6, 6.07) is 6.28. The zero-order chi connectivity index (χ0) is 13.1. The van der Waals surface area contributed by atoms with Gasteiger partial charge >= 0.3 is 0 Å². The number of thiocarbonyl (C=S) groups is 1. The maximum atomic E-state index is 9.66. The van der Waals surface area contributed by atoms with Crippen LogP contribution in [0.1, 0.15) is 24.0 Å². The number of hydrogen-bond acceptors (Lipinski definition) is 2. The van der Waals surface area contributed by atoms with Gasteiger partial charge in [-0.3, -0.25) is 0 Å². The molecule has 0 saturated carbocycles. The number of nitrogens with one attached hydrogen (secondary N) is 1. The first-order valence-corrected chi connectivity index (χ1v) is 6.78. The minimum atomic E-state index is -0.253. The van der Waals surface area contributed by atoms with Crippen LogP contribution in [0, 0.1) is 13.8 Å². The number of benzene rings is 1. The SMILES string of the molecule is Cc1ccc(C)c(NC(=S)N2CCC[C@H](O)C2)c1. The first-order valence-electron chi connectivity index (χ1n) is 6.37. The number of nitrogens with zero attached hydrogens (tertiary/aromatic N) is 1. The van der Waals surface area contributed by atoms with Gasteiger partial charge in [0.05, 0.1) is 6.10 Å². The van der Waals surface area contributed by atoms with Gasteiger partial charge in [0.2, 0.25) is 0 Å². The van der Waals surface area contributed by atoms with Gasteiger partial charge in [-0.25, -0.2) is 0 Å². The van der Waals surface area contributed by atoms with Crippen molar-refractivity contribution in [2.75, 3.05) is 18.4 Å². The molecule has 1 aromatic rings. The fraction of sp³-hybridized carbons (Fsp3) is 0.500. The van der Waals surface area contributed by atoms with Crippen molar-refractivity contribution in [3.63, 3.8) is 0 Å². The van der Waals surface area contributed by atoms with Crippen molar-refractivity contribution in [2.45, 2.75) is 32.8 Å². The predicted molar refractivity (Wildman–Crippen MR) is 79.0 cm³/mol. The van der Waals surface area contributed by atoms with Crippen LogP contribution in [0.3, 0.4) is 0 Å². The highest BCUT2D eigenvalue weighted by Gasteiger charge is 2.19. The van der Waals surface area contributed by atoms with E-state index in [1.165, 1.54) is 11.1 Å². The summed E-state index contributed by atoms with van der Waals surface area (Å²) in [5.41, 5.74) is 3.45. The average Bonchev–Trinajstić information content (AvgIpc) is 2.34. The Morgan fingerprint density at radius 3 is 2.94 bits per heavy atom. The summed E-state index contributed by atoms with van der Waals surface area (Å²) in [7, 11) is 0. The molecule has 1 aliphatic rings. The monoisotopic (exact) mass is 264 g/mol. The number of piperidine rings is 1. The fourth-order valence-corrected chi connectivity index (χ4v) is 2.48. The second kappa shape index (κ2) is 5.67. The minimum Gasteiger partial charge on any atom is -0.391 e. The Balaban J connectivity index is 2.04. The summed E-state index contributed by atoms with van der Waals surface area (Å²) in [5, 5.41) is 13.7. The molecular formula is C14H20N2OS. The molecule has 1 aromatic carbocycles. The standard InChI is InChI=1S/C14H20N2OS/c1-10-5-6-11(2)13(8-10)15-14(18)16-7-3-4-12(17)9-16/h5-6,8,12,17H,3-4,7,9H2,1-2H3,(H,15,18)/t12-/m0/s1. The van der Waals surface area contributed by atoms with Gasteiger partial charge in [-0.1, -0.05) is 12.1 Å². The van der Waals surface area contributed by atoms with Crippen LogP contribution in [-0.4, -0.2) is 34.3 Å². The van der Waals surface area contributed by atoms with E-state index in [0.717, 1.165) is 25.1 Å². The summed E-state index contributed by atoms with van der Waals surface area (Å²) >= 11 is 5.42. The quantitative estimate of drug-likeness (QED) is 0.764. The number of aliphatic hydroxyl groups is 1.